The summed E-state index contributed by atoms with van der Waals surface area (Å²) in [5.41, 5.74) is 2.26. The molecule has 0 aromatic carbocycles. The lowest BCUT2D eigenvalue weighted by Gasteiger charge is -2.04. The van der Waals surface area contributed by atoms with Gasteiger partial charge in [-0.05, 0) is 28.8 Å². The predicted molar refractivity (Wildman–Crippen MR) is 54.3 cm³/mol. The third-order valence-electron chi connectivity index (χ3n) is 1.71. The van der Waals surface area contributed by atoms with Gasteiger partial charge in [-0.1, -0.05) is 0 Å². The maximum atomic E-state index is 11.0. The van der Waals surface area contributed by atoms with Gasteiger partial charge in [-0.25, -0.2) is 4.79 Å². The van der Waals surface area contributed by atoms with E-state index in [-0.39, 0.29) is 13.2 Å². The fourth-order valence-corrected chi connectivity index (χ4v) is 1.78. The van der Waals surface area contributed by atoms with E-state index in [0.717, 1.165) is 11.1 Å². The standard InChI is InChI=1S/C9H13NO3S/c1-7-5-14-6-8(7)4-10-9(12)13-3-2-11/h5-6,11H,2-4H2,1H3,(H,10,12). The Kier molecular flexibility index (Phi) is 4.42. The number of aryl methyl sites for hydroxylation is 1. The molecule has 2 N–H and O–H groups in total. The van der Waals surface area contributed by atoms with Crippen LogP contribution in [0.15, 0.2) is 10.8 Å². The highest BCUT2D eigenvalue weighted by molar-refractivity contribution is 7.08. The molecule has 0 fully saturated rings. The predicted octanol–water partition coefficient (Wildman–Crippen LogP) is 1.28. The van der Waals surface area contributed by atoms with Crippen molar-refractivity contribution >= 4 is 17.4 Å². The molecule has 0 bridgehead atoms. The van der Waals surface area contributed by atoms with Crippen molar-refractivity contribution in [3.63, 3.8) is 0 Å². The molecular formula is C9H13NO3S. The topological polar surface area (TPSA) is 58.6 Å². The minimum Gasteiger partial charge on any atom is -0.447 e. The van der Waals surface area contributed by atoms with Crippen LogP contribution in [0.3, 0.4) is 0 Å². The van der Waals surface area contributed by atoms with Gasteiger partial charge in [-0.15, -0.1) is 0 Å². The third-order valence-corrected chi connectivity index (χ3v) is 2.62. The smallest absolute Gasteiger partial charge is 0.407 e. The van der Waals surface area contributed by atoms with Crippen LogP contribution in [0.2, 0.25) is 0 Å². The van der Waals surface area contributed by atoms with Crippen LogP contribution < -0.4 is 5.32 Å². The largest absolute Gasteiger partial charge is 0.447 e. The van der Waals surface area contributed by atoms with Crippen LogP contribution in [0.5, 0.6) is 0 Å². The van der Waals surface area contributed by atoms with Crippen LogP contribution in [0, 0.1) is 6.92 Å². The fourth-order valence-electron chi connectivity index (χ4n) is 0.925. The average molecular weight is 215 g/mol. The Bertz CT molecular complexity index is 298. The number of carbonyl (C=O) groups is 1. The lowest BCUT2D eigenvalue weighted by atomic mass is 10.2. The Morgan fingerprint density at radius 3 is 3.00 bits per heavy atom. The molecule has 1 rings (SSSR count). The molecule has 0 spiro atoms. The molecule has 78 valence electrons. The van der Waals surface area contributed by atoms with Gasteiger partial charge >= 0.3 is 6.09 Å². The second-order valence-electron chi connectivity index (χ2n) is 2.79. The first-order chi connectivity index (χ1) is 6.74. The average Bonchev–Trinajstić information content (AvgIpc) is 2.58. The summed E-state index contributed by atoms with van der Waals surface area (Å²) in [6.07, 6.45) is -0.496. The normalized spacial score (nSPS) is 9.86. The molecule has 0 aliphatic heterocycles. The number of aliphatic hydroxyl groups excluding tert-OH is 1. The molecule has 0 atom stereocenters. The minimum absolute atomic E-state index is 0.0362. The molecule has 14 heavy (non-hydrogen) atoms. The number of amides is 1. The second kappa shape index (κ2) is 5.62. The number of alkyl carbamates (subject to hydrolysis) is 1. The number of ether oxygens (including phenoxy) is 1. The van der Waals surface area contributed by atoms with Crippen LogP contribution in [0.4, 0.5) is 4.79 Å². The zero-order valence-corrected chi connectivity index (χ0v) is 8.76. The van der Waals surface area contributed by atoms with Crippen molar-refractivity contribution in [2.75, 3.05) is 13.2 Å². The lowest BCUT2D eigenvalue weighted by molar-refractivity contribution is 0.119. The summed E-state index contributed by atoms with van der Waals surface area (Å²) in [4.78, 5) is 11.0. The summed E-state index contributed by atoms with van der Waals surface area (Å²) in [7, 11) is 0. The van der Waals surface area contributed by atoms with E-state index in [1.807, 2.05) is 17.7 Å². The van der Waals surface area contributed by atoms with E-state index in [2.05, 4.69) is 10.1 Å². The summed E-state index contributed by atoms with van der Waals surface area (Å²) in [5.74, 6) is 0. The van der Waals surface area contributed by atoms with Crippen molar-refractivity contribution < 1.29 is 14.6 Å². The molecule has 0 saturated carbocycles. The zero-order chi connectivity index (χ0) is 10.4. The van der Waals surface area contributed by atoms with Crippen LogP contribution in [0.25, 0.3) is 0 Å². The van der Waals surface area contributed by atoms with E-state index in [1.165, 1.54) is 0 Å². The van der Waals surface area contributed by atoms with E-state index in [9.17, 15) is 4.79 Å². The summed E-state index contributed by atoms with van der Waals surface area (Å²) >= 11 is 1.60. The third kappa shape index (κ3) is 3.35. The van der Waals surface area contributed by atoms with Crippen molar-refractivity contribution in [2.45, 2.75) is 13.5 Å². The molecule has 1 aromatic rings. The first kappa shape index (κ1) is 11.0. The highest BCUT2D eigenvalue weighted by Crippen LogP contribution is 2.12. The van der Waals surface area contributed by atoms with Gasteiger partial charge in [0.15, 0.2) is 0 Å². The highest BCUT2D eigenvalue weighted by atomic mass is 32.1. The minimum atomic E-state index is -0.496. The first-order valence-corrected chi connectivity index (χ1v) is 5.21. The summed E-state index contributed by atoms with van der Waals surface area (Å²) in [6.45, 7) is 2.35. The van der Waals surface area contributed by atoms with Crippen LogP contribution in [-0.2, 0) is 11.3 Å². The molecule has 1 amide bonds. The summed E-state index contributed by atoms with van der Waals surface area (Å²) in [6, 6.07) is 0. The molecule has 0 aliphatic rings. The number of hydrogen-bond acceptors (Lipinski definition) is 4. The van der Waals surface area contributed by atoms with Gasteiger partial charge in [-0.2, -0.15) is 11.3 Å². The van der Waals surface area contributed by atoms with E-state index in [0.29, 0.717) is 6.54 Å². The molecular weight excluding hydrogens is 202 g/mol. The van der Waals surface area contributed by atoms with E-state index in [4.69, 9.17) is 5.11 Å². The van der Waals surface area contributed by atoms with Gasteiger partial charge in [-0.3, -0.25) is 0 Å². The van der Waals surface area contributed by atoms with Crippen molar-refractivity contribution in [1.29, 1.82) is 0 Å². The SMILES string of the molecule is Cc1cscc1CNC(=O)OCCO. The van der Waals surface area contributed by atoms with Gasteiger partial charge in [0, 0.05) is 6.54 Å². The van der Waals surface area contributed by atoms with Crippen LogP contribution >= 0.6 is 11.3 Å². The Balaban J connectivity index is 2.27. The Morgan fingerprint density at radius 2 is 2.43 bits per heavy atom. The van der Waals surface area contributed by atoms with Gasteiger partial charge < -0.3 is 15.2 Å². The zero-order valence-electron chi connectivity index (χ0n) is 7.95. The van der Waals surface area contributed by atoms with Crippen LogP contribution in [0.1, 0.15) is 11.1 Å². The summed E-state index contributed by atoms with van der Waals surface area (Å²) < 4.78 is 4.63. The van der Waals surface area contributed by atoms with Crippen molar-refractivity contribution in [1.82, 2.24) is 5.32 Å². The van der Waals surface area contributed by atoms with Crippen molar-refractivity contribution in [3.8, 4) is 0 Å². The van der Waals surface area contributed by atoms with Crippen molar-refractivity contribution in [3.05, 3.63) is 21.9 Å². The quantitative estimate of drug-likeness (QED) is 0.795. The molecule has 1 heterocycles. The molecule has 0 aliphatic carbocycles. The Hall–Kier alpha value is -1.07. The monoisotopic (exact) mass is 215 g/mol. The number of carbonyl (C=O) groups excluding carboxylic acids is 1. The fraction of sp³-hybridized carbons (Fsp3) is 0.444. The molecule has 4 nitrogen and oxygen atoms in total. The number of nitrogens with one attached hydrogen (secondary N) is 1. The number of aliphatic hydroxyl groups is 1. The van der Waals surface area contributed by atoms with Crippen molar-refractivity contribution in [2.24, 2.45) is 0 Å². The molecule has 5 heteroatoms. The van der Waals surface area contributed by atoms with Gasteiger partial charge in [0.2, 0.25) is 0 Å². The lowest BCUT2D eigenvalue weighted by Crippen LogP contribution is -2.24. The molecule has 1 aromatic heterocycles. The Morgan fingerprint density at radius 1 is 1.64 bits per heavy atom. The van der Waals surface area contributed by atoms with E-state index in [1.54, 1.807) is 11.3 Å². The Labute approximate surface area is 86.5 Å². The molecule has 0 unspecified atom stereocenters. The number of rotatable bonds is 4. The molecule has 0 saturated heterocycles. The highest BCUT2D eigenvalue weighted by Gasteiger charge is 2.03. The first-order valence-electron chi connectivity index (χ1n) is 4.27. The van der Waals surface area contributed by atoms with E-state index >= 15 is 0 Å². The maximum absolute atomic E-state index is 11.0. The second-order valence-corrected chi connectivity index (χ2v) is 3.54. The van der Waals surface area contributed by atoms with Gasteiger partial charge in [0.1, 0.15) is 6.61 Å². The van der Waals surface area contributed by atoms with Crippen LogP contribution in [-0.4, -0.2) is 24.4 Å². The number of hydrogen-bond donors (Lipinski definition) is 2. The molecule has 0 radical (unpaired) electrons. The van der Waals surface area contributed by atoms with Gasteiger partial charge in [0.25, 0.3) is 0 Å². The maximum Gasteiger partial charge on any atom is 0.407 e. The van der Waals surface area contributed by atoms with Gasteiger partial charge in [0.05, 0.1) is 6.61 Å². The number of thiophene rings is 1. The summed E-state index contributed by atoms with van der Waals surface area (Å²) in [5, 5.41) is 15.0. The van der Waals surface area contributed by atoms with E-state index < -0.39 is 6.09 Å².